The lowest BCUT2D eigenvalue weighted by Crippen LogP contribution is -1.98. The smallest absolute Gasteiger partial charge is 0.301 e. The molecule has 2 N–H and O–H groups in total. The van der Waals surface area contributed by atoms with Crippen LogP contribution in [0.4, 0.5) is 17.1 Å². The Labute approximate surface area is 172 Å². The van der Waals surface area contributed by atoms with Crippen molar-refractivity contribution in [3.05, 3.63) is 80.6 Å². The monoisotopic (exact) mass is 424 g/mol. The molecule has 2 aromatic heterocycles. The van der Waals surface area contributed by atoms with E-state index in [-0.39, 0.29) is 11.4 Å². The molecule has 0 spiro atoms. The fourth-order valence-corrected chi connectivity index (χ4v) is 3.35. The van der Waals surface area contributed by atoms with Crippen LogP contribution in [0.5, 0.6) is 0 Å². The van der Waals surface area contributed by atoms with Crippen LogP contribution in [0, 0.1) is 20.2 Å². The number of furan rings is 1. The van der Waals surface area contributed by atoms with E-state index < -0.39 is 15.5 Å². The molecule has 0 aliphatic rings. The van der Waals surface area contributed by atoms with Crippen molar-refractivity contribution in [3.8, 4) is 0 Å². The summed E-state index contributed by atoms with van der Waals surface area (Å²) in [6.45, 7) is 0. The number of hydrogen-bond donors (Lipinski definition) is 2. The fraction of sp³-hybridized carbons (Fsp3) is 0. The van der Waals surface area contributed by atoms with E-state index in [1.165, 1.54) is 24.0 Å². The Morgan fingerprint density at radius 1 is 1.10 bits per heavy atom. The van der Waals surface area contributed by atoms with E-state index in [0.717, 1.165) is 23.2 Å². The number of nitro groups is 2. The SMILES string of the molecule is O=[N+]([O-])c1ccc(N/N=C\c2ccc(Sc3nc4ccccc4[nH]3)o2)c([N+](=O)[O-])c1. The molecule has 0 saturated carbocycles. The molecule has 0 unspecified atom stereocenters. The number of nitro benzene ring substituents is 2. The van der Waals surface area contributed by atoms with E-state index in [1.54, 1.807) is 12.1 Å². The van der Waals surface area contributed by atoms with Gasteiger partial charge in [0.1, 0.15) is 11.4 Å². The second kappa shape index (κ2) is 8.05. The predicted molar refractivity (Wildman–Crippen MR) is 110 cm³/mol. The minimum absolute atomic E-state index is 0.0188. The molecule has 12 heteroatoms. The van der Waals surface area contributed by atoms with Gasteiger partial charge in [-0.25, -0.2) is 4.98 Å². The van der Waals surface area contributed by atoms with Gasteiger partial charge in [0, 0.05) is 6.07 Å². The van der Waals surface area contributed by atoms with E-state index in [1.807, 2.05) is 24.3 Å². The van der Waals surface area contributed by atoms with Crippen molar-refractivity contribution in [1.82, 2.24) is 9.97 Å². The van der Waals surface area contributed by atoms with Gasteiger partial charge >= 0.3 is 5.69 Å². The number of fused-ring (bicyclic) bond motifs is 1. The maximum Gasteiger partial charge on any atom is 0.301 e. The Balaban J connectivity index is 1.45. The van der Waals surface area contributed by atoms with Gasteiger partial charge in [-0.15, -0.1) is 0 Å². The second-order valence-electron chi connectivity index (χ2n) is 5.90. The zero-order chi connectivity index (χ0) is 21.1. The van der Waals surface area contributed by atoms with E-state index in [4.69, 9.17) is 4.42 Å². The number of nitrogens with one attached hydrogen (secondary N) is 2. The topological polar surface area (TPSA) is 152 Å². The van der Waals surface area contributed by atoms with Crippen LogP contribution in [-0.2, 0) is 0 Å². The molecule has 0 radical (unpaired) electrons. The number of aromatic amines is 1. The van der Waals surface area contributed by atoms with Crippen LogP contribution in [0.25, 0.3) is 11.0 Å². The third-order valence-electron chi connectivity index (χ3n) is 3.93. The first-order chi connectivity index (χ1) is 14.5. The number of aromatic nitrogens is 2. The summed E-state index contributed by atoms with van der Waals surface area (Å²) < 4.78 is 5.64. The van der Waals surface area contributed by atoms with Gasteiger partial charge in [0.05, 0.1) is 33.2 Å². The summed E-state index contributed by atoms with van der Waals surface area (Å²) in [5.74, 6) is 0.408. The predicted octanol–water partition coefficient (Wildman–Crippen LogP) is 4.57. The van der Waals surface area contributed by atoms with Crippen LogP contribution >= 0.6 is 11.8 Å². The maximum atomic E-state index is 11.1. The molecule has 4 rings (SSSR count). The highest BCUT2D eigenvalue weighted by molar-refractivity contribution is 7.99. The van der Waals surface area contributed by atoms with Crippen LogP contribution in [0.1, 0.15) is 5.76 Å². The first-order valence-electron chi connectivity index (χ1n) is 8.44. The van der Waals surface area contributed by atoms with Crippen LogP contribution < -0.4 is 5.43 Å². The zero-order valence-electron chi connectivity index (χ0n) is 15.0. The van der Waals surface area contributed by atoms with Gasteiger partial charge in [-0.2, -0.15) is 5.10 Å². The lowest BCUT2D eigenvalue weighted by molar-refractivity contribution is -0.393. The normalized spacial score (nSPS) is 11.2. The highest BCUT2D eigenvalue weighted by atomic mass is 32.2. The number of imidazole rings is 1. The van der Waals surface area contributed by atoms with Crippen LogP contribution in [0.15, 0.2) is 74.4 Å². The Hall–Kier alpha value is -4.19. The molecule has 4 aromatic rings. The van der Waals surface area contributed by atoms with Crippen molar-refractivity contribution in [2.24, 2.45) is 5.10 Å². The van der Waals surface area contributed by atoms with Crippen molar-refractivity contribution in [2.75, 3.05) is 5.43 Å². The molecule has 0 bridgehead atoms. The van der Waals surface area contributed by atoms with Crippen molar-refractivity contribution in [2.45, 2.75) is 10.2 Å². The number of nitrogens with zero attached hydrogens (tertiary/aromatic N) is 4. The van der Waals surface area contributed by atoms with Crippen LogP contribution in [0.2, 0.25) is 0 Å². The summed E-state index contributed by atoms with van der Waals surface area (Å²) in [6, 6.07) is 14.3. The van der Waals surface area contributed by atoms with E-state index in [2.05, 4.69) is 20.5 Å². The van der Waals surface area contributed by atoms with Gasteiger partial charge in [0.15, 0.2) is 10.2 Å². The highest BCUT2D eigenvalue weighted by Crippen LogP contribution is 2.30. The molecule has 2 aromatic carbocycles. The van der Waals surface area contributed by atoms with Crippen molar-refractivity contribution in [3.63, 3.8) is 0 Å². The van der Waals surface area contributed by atoms with Crippen LogP contribution in [0.3, 0.4) is 0 Å². The molecule has 30 heavy (non-hydrogen) atoms. The van der Waals surface area contributed by atoms with E-state index in [9.17, 15) is 20.2 Å². The zero-order valence-corrected chi connectivity index (χ0v) is 15.8. The Kier molecular flexibility index (Phi) is 5.13. The number of para-hydroxylation sites is 2. The molecular weight excluding hydrogens is 412 g/mol. The minimum Gasteiger partial charge on any atom is -0.448 e. The Morgan fingerprint density at radius 2 is 1.93 bits per heavy atom. The van der Waals surface area contributed by atoms with Gasteiger partial charge in [-0.05, 0) is 42.1 Å². The quantitative estimate of drug-likeness (QED) is 0.248. The molecule has 0 fully saturated rings. The molecule has 2 heterocycles. The molecule has 0 atom stereocenters. The van der Waals surface area contributed by atoms with Gasteiger partial charge in [0.2, 0.25) is 0 Å². The third kappa shape index (κ3) is 4.12. The molecule has 0 aliphatic carbocycles. The summed E-state index contributed by atoms with van der Waals surface area (Å²) in [5, 5.41) is 27.1. The fourth-order valence-electron chi connectivity index (χ4n) is 2.58. The number of rotatable bonds is 7. The van der Waals surface area contributed by atoms with E-state index in [0.29, 0.717) is 16.0 Å². The van der Waals surface area contributed by atoms with Crippen molar-refractivity contribution >= 4 is 46.1 Å². The lowest BCUT2D eigenvalue weighted by Gasteiger charge is -2.01. The van der Waals surface area contributed by atoms with Crippen LogP contribution in [-0.4, -0.2) is 26.0 Å². The third-order valence-corrected chi connectivity index (χ3v) is 4.74. The van der Waals surface area contributed by atoms with Crippen molar-refractivity contribution in [1.29, 1.82) is 0 Å². The van der Waals surface area contributed by atoms with Crippen molar-refractivity contribution < 1.29 is 14.3 Å². The standard InChI is InChI=1S/C18H12N6O5S/c25-23(26)11-5-7-15(16(9-11)24(27)28)22-19-10-12-6-8-17(29-12)30-18-20-13-3-1-2-4-14(13)21-18/h1-10,22H,(H,20,21)/b19-10-. The molecule has 0 aliphatic heterocycles. The van der Waals surface area contributed by atoms with Gasteiger partial charge in [0.25, 0.3) is 5.69 Å². The molecule has 150 valence electrons. The average Bonchev–Trinajstić information content (AvgIpc) is 3.34. The highest BCUT2D eigenvalue weighted by Gasteiger charge is 2.19. The van der Waals surface area contributed by atoms with Gasteiger partial charge < -0.3 is 9.40 Å². The summed E-state index contributed by atoms with van der Waals surface area (Å²) in [6.07, 6.45) is 1.34. The first kappa shape index (κ1) is 19.1. The van der Waals surface area contributed by atoms with E-state index >= 15 is 0 Å². The summed E-state index contributed by atoms with van der Waals surface area (Å²) in [7, 11) is 0. The number of hydrogen-bond acceptors (Lipinski definition) is 9. The summed E-state index contributed by atoms with van der Waals surface area (Å²) in [4.78, 5) is 28.1. The second-order valence-corrected chi connectivity index (χ2v) is 6.90. The molecular formula is C18H12N6O5S. The van der Waals surface area contributed by atoms with Gasteiger partial charge in [-0.3, -0.25) is 25.7 Å². The Morgan fingerprint density at radius 3 is 2.70 bits per heavy atom. The first-order valence-corrected chi connectivity index (χ1v) is 9.25. The summed E-state index contributed by atoms with van der Waals surface area (Å²) in [5.41, 5.74) is 3.46. The molecule has 11 nitrogen and oxygen atoms in total. The number of hydrazone groups is 1. The number of non-ortho nitro benzene ring substituents is 1. The minimum atomic E-state index is -0.722. The lowest BCUT2D eigenvalue weighted by atomic mass is 10.2. The average molecular weight is 424 g/mol. The maximum absolute atomic E-state index is 11.1. The Bertz CT molecular complexity index is 1250. The molecule has 0 saturated heterocycles. The summed E-state index contributed by atoms with van der Waals surface area (Å²) >= 11 is 1.31. The number of anilines is 1. The number of H-pyrrole nitrogens is 1. The number of benzene rings is 2. The molecule has 0 amide bonds. The van der Waals surface area contributed by atoms with Gasteiger partial charge in [-0.1, -0.05) is 12.1 Å². The largest absolute Gasteiger partial charge is 0.448 e.